The standard InChI is InChI=1S/C41H57F3N4O4Si/c1-23(2)53(24(3)4,25(5)6)52-41(11,12)28-20-32(43)36(33(44)21-28)37-31(42)13-14-34(47-37)38(49)48-35-22-45-16-15-30(35)27-17-26(7)18-29(19-27)46-39(50)51-40(8,9)10/h13-16,20-27,29H,17-19H2,1-12H3,(H,46,50)(H,48,49)/t26-,27+,29-/m0/s1. The molecule has 12 heteroatoms. The van der Waals surface area contributed by atoms with Crippen LogP contribution in [0.4, 0.5) is 23.7 Å². The molecule has 0 radical (unpaired) electrons. The van der Waals surface area contributed by atoms with Crippen molar-refractivity contribution in [1.82, 2.24) is 15.3 Å². The predicted octanol–water partition coefficient (Wildman–Crippen LogP) is 11.0. The van der Waals surface area contributed by atoms with Gasteiger partial charge in [-0.05, 0) is 124 Å². The molecule has 3 aromatic rings. The molecule has 2 amide bonds. The Hall–Kier alpha value is -3.77. The minimum Gasteiger partial charge on any atom is -0.444 e. The van der Waals surface area contributed by atoms with Gasteiger partial charge in [-0.25, -0.2) is 22.9 Å². The maximum absolute atomic E-state index is 15.9. The zero-order valence-electron chi connectivity index (χ0n) is 33.3. The number of amides is 2. The molecule has 0 bridgehead atoms. The van der Waals surface area contributed by atoms with E-state index >= 15 is 13.2 Å². The Morgan fingerprint density at radius 2 is 1.47 bits per heavy atom. The number of ether oxygens (including phenoxy) is 1. The van der Waals surface area contributed by atoms with Crippen LogP contribution in [0.3, 0.4) is 0 Å². The van der Waals surface area contributed by atoms with E-state index in [1.165, 1.54) is 24.4 Å². The van der Waals surface area contributed by atoms with Gasteiger partial charge >= 0.3 is 6.09 Å². The molecule has 0 aliphatic heterocycles. The van der Waals surface area contributed by atoms with Crippen molar-refractivity contribution in [3.8, 4) is 11.3 Å². The second-order valence-electron chi connectivity index (χ2n) is 17.0. The predicted molar refractivity (Wildman–Crippen MR) is 206 cm³/mol. The van der Waals surface area contributed by atoms with Crippen LogP contribution in [-0.2, 0) is 14.8 Å². The van der Waals surface area contributed by atoms with Crippen LogP contribution in [0.15, 0.2) is 42.7 Å². The van der Waals surface area contributed by atoms with Gasteiger partial charge in [0.05, 0.1) is 23.0 Å². The third-order valence-corrected chi connectivity index (χ3v) is 16.7. The average molecular weight is 755 g/mol. The van der Waals surface area contributed by atoms with Crippen LogP contribution in [0.1, 0.15) is 130 Å². The van der Waals surface area contributed by atoms with E-state index in [-0.39, 0.29) is 45.8 Å². The fraction of sp³-hybridized carbons (Fsp3) is 0.561. The van der Waals surface area contributed by atoms with Gasteiger partial charge in [-0.15, -0.1) is 0 Å². The van der Waals surface area contributed by atoms with Gasteiger partial charge in [0.2, 0.25) is 8.32 Å². The van der Waals surface area contributed by atoms with E-state index in [2.05, 4.69) is 69.1 Å². The monoisotopic (exact) mass is 754 g/mol. The highest BCUT2D eigenvalue weighted by Gasteiger charge is 2.49. The first-order valence-corrected chi connectivity index (χ1v) is 20.8. The number of hydrogen-bond acceptors (Lipinski definition) is 6. The Morgan fingerprint density at radius 3 is 2.04 bits per heavy atom. The Morgan fingerprint density at radius 1 is 0.868 bits per heavy atom. The van der Waals surface area contributed by atoms with Gasteiger partial charge in [0.15, 0.2) is 0 Å². The quantitative estimate of drug-likeness (QED) is 0.189. The number of carbonyl (C=O) groups is 2. The minimum absolute atomic E-state index is 0.0295. The number of nitrogens with zero attached hydrogens (tertiary/aromatic N) is 2. The summed E-state index contributed by atoms with van der Waals surface area (Å²) in [5.74, 6) is -3.46. The summed E-state index contributed by atoms with van der Waals surface area (Å²) in [7, 11) is -2.44. The third-order valence-electron chi connectivity index (χ3n) is 10.4. The number of rotatable bonds is 11. The summed E-state index contributed by atoms with van der Waals surface area (Å²) >= 11 is 0. The van der Waals surface area contributed by atoms with Crippen molar-refractivity contribution in [2.45, 2.75) is 142 Å². The highest BCUT2D eigenvalue weighted by molar-refractivity contribution is 6.77. The molecule has 1 saturated carbocycles. The molecule has 2 N–H and O–H groups in total. The fourth-order valence-corrected chi connectivity index (χ4v) is 14.0. The van der Waals surface area contributed by atoms with Gasteiger partial charge in [0, 0.05) is 12.2 Å². The molecule has 8 nitrogen and oxygen atoms in total. The Labute approximate surface area is 314 Å². The maximum Gasteiger partial charge on any atom is 0.407 e. The first-order valence-electron chi connectivity index (χ1n) is 18.7. The Balaban J connectivity index is 1.60. The molecule has 2 aromatic heterocycles. The van der Waals surface area contributed by atoms with Crippen LogP contribution in [0, 0.1) is 23.4 Å². The van der Waals surface area contributed by atoms with Crippen LogP contribution >= 0.6 is 0 Å². The highest BCUT2D eigenvalue weighted by atomic mass is 28.4. The summed E-state index contributed by atoms with van der Waals surface area (Å²) in [5, 5.41) is 5.82. The molecule has 0 spiro atoms. The van der Waals surface area contributed by atoms with E-state index in [4.69, 9.17) is 9.16 Å². The van der Waals surface area contributed by atoms with Crippen LogP contribution < -0.4 is 10.6 Å². The Kier molecular flexibility index (Phi) is 12.9. The zero-order chi connectivity index (χ0) is 39.6. The summed E-state index contributed by atoms with van der Waals surface area (Å²) in [5.41, 5.74) is -0.919. The van der Waals surface area contributed by atoms with E-state index in [0.717, 1.165) is 24.5 Å². The van der Waals surface area contributed by atoms with E-state index < -0.39 is 60.2 Å². The second-order valence-corrected chi connectivity index (χ2v) is 22.4. The average Bonchev–Trinajstić information content (AvgIpc) is 3.02. The molecular weight excluding hydrogens is 698 g/mol. The van der Waals surface area contributed by atoms with E-state index in [1.54, 1.807) is 20.0 Å². The first kappa shape index (κ1) is 42.0. The van der Waals surface area contributed by atoms with Crippen molar-refractivity contribution in [2.75, 3.05) is 5.32 Å². The molecule has 0 unspecified atom stereocenters. The van der Waals surface area contributed by atoms with Crippen LogP contribution in [-0.4, -0.2) is 41.9 Å². The van der Waals surface area contributed by atoms with Crippen LogP contribution in [0.5, 0.6) is 0 Å². The maximum atomic E-state index is 15.9. The van der Waals surface area contributed by atoms with Gasteiger partial charge in [-0.2, -0.15) is 0 Å². The molecule has 1 fully saturated rings. The number of benzene rings is 1. The summed E-state index contributed by atoms with van der Waals surface area (Å²) in [6.07, 6.45) is 4.87. The molecule has 53 heavy (non-hydrogen) atoms. The molecule has 2 heterocycles. The summed E-state index contributed by atoms with van der Waals surface area (Å²) in [4.78, 5) is 34.5. The summed E-state index contributed by atoms with van der Waals surface area (Å²) < 4.78 is 59.6. The Bertz CT molecular complexity index is 1750. The zero-order valence-corrected chi connectivity index (χ0v) is 34.3. The molecule has 1 aliphatic rings. The number of hydrogen-bond donors (Lipinski definition) is 2. The SMILES string of the molecule is CC(C)[Si](OC(C)(C)c1cc(F)c(-c2nc(C(=O)Nc3cnccc3[C@@H]3C[C@H](C)C[C@H](NC(=O)OC(C)(C)C)C3)ccc2F)c(F)c1)(C(C)C)C(C)C. The summed E-state index contributed by atoms with van der Waals surface area (Å²) in [6, 6.07) is 6.16. The number of carbonyl (C=O) groups excluding carboxylic acids is 2. The molecule has 3 atom stereocenters. The lowest BCUT2D eigenvalue weighted by Gasteiger charge is -2.47. The minimum atomic E-state index is -2.44. The van der Waals surface area contributed by atoms with Crippen molar-refractivity contribution in [1.29, 1.82) is 0 Å². The van der Waals surface area contributed by atoms with Gasteiger partial charge in [-0.1, -0.05) is 48.5 Å². The van der Waals surface area contributed by atoms with Crippen molar-refractivity contribution in [2.24, 2.45) is 5.92 Å². The van der Waals surface area contributed by atoms with Gasteiger partial charge < -0.3 is 19.8 Å². The normalized spacial score (nSPS) is 18.4. The van der Waals surface area contributed by atoms with Crippen LogP contribution in [0.2, 0.25) is 16.6 Å². The summed E-state index contributed by atoms with van der Waals surface area (Å²) in [6.45, 7) is 24.0. The van der Waals surface area contributed by atoms with Gasteiger partial charge in [-0.3, -0.25) is 9.78 Å². The van der Waals surface area contributed by atoms with Crippen molar-refractivity contribution in [3.63, 3.8) is 0 Å². The van der Waals surface area contributed by atoms with Gasteiger partial charge in [0.25, 0.3) is 5.91 Å². The largest absolute Gasteiger partial charge is 0.444 e. The number of pyridine rings is 2. The van der Waals surface area contributed by atoms with E-state index in [1.807, 2.05) is 26.8 Å². The van der Waals surface area contributed by atoms with Crippen LogP contribution in [0.25, 0.3) is 11.3 Å². The molecule has 4 rings (SSSR count). The fourth-order valence-electron chi connectivity index (χ4n) is 8.25. The van der Waals surface area contributed by atoms with E-state index in [0.29, 0.717) is 12.1 Å². The lowest BCUT2D eigenvalue weighted by atomic mass is 9.76. The molecule has 0 saturated heterocycles. The smallest absolute Gasteiger partial charge is 0.407 e. The van der Waals surface area contributed by atoms with Gasteiger partial charge in [0.1, 0.15) is 34.4 Å². The molecule has 290 valence electrons. The number of halogens is 3. The number of anilines is 1. The molecular formula is C41H57F3N4O4Si. The lowest BCUT2D eigenvalue weighted by Crippen LogP contribution is -2.52. The highest BCUT2D eigenvalue weighted by Crippen LogP contribution is 2.47. The number of aromatic nitrogens is 2. The van der Waals surface area contributed by atoms with Crippen molar-refractivity contribution >= 4 is 26.0 Å². The van der Waals surface area contributed by atoms with Crippen molar-refractivity contribution < 1.29 is 31.9 Å². The number of alkyl carbamates (subject to hydrolysis) is 1. The lowest BCUT2D eigenvalue weighted by molar-refractivity contribution is 0.0482. The number of nitrogens with one attached hydrogen (secondary N) is 2. The molecule has 1 aliphatic carbocycles. The van der Waals surface area contributed by atoms with E-state index in [9.17, 15) is 9.59 Å². The second kappa shape index (κ2) is 16.3. The first-order chi connectivity index (χ1) is 24.6. The molecule has 1 aromatic carbocycles. The third kappa shape index (κ3) is 9.67. The topological polar surface area (TPSA) is 102 Å². The van der Waals surface area contributed by atoms with Crippen molar-refractivity contribution in [3.05, 3.63) is 77.0 Å².